The molecular formula is C22H24N2OS. The van der Waals surface area contributed by atoms with E-state index in [2.05, 4.69) is 37.4 Å². The lowest BCUT2D eigenvalue weighted by atomic mass is 10.0. The fourth-order valence-electron chi connectivity index (χ4n) is 3.27. The molecule has 0 aliphatic heterocycles. The molecule has 26 heavy (non-hydrogen) atoms. The Labute approximate surface area is 159 Å². The van der Waals surface area contributed by atoms with Crippen molar-refractivity contribution in [2.75, 3.05) is 5.32 Å². The molecule has 134 valence electrons. The Hall–Kier alpha value is -2.38. The van der Waals surface area contributed by atoms with Crippen molar-refractivity contribution in [2.24, 2.45) is 0 Å². The molecule has 1 aromatic carbocycles. The monoisotopic (exact) mass is 364 g/mol. The van der Waals surface area contributed by atoms with Crippen LogP contribution in [0.25, 0.3) is 6.08 Å². The van der Waals surface area contributed by atoms with Gasteiger partial charge in [-0.1, -0.05) is 44.5 Å². The normalized spacial score (nSPS) is 14.1. The summed E-state index contributed by atoms with van der Waals surface area (Å²) in [5, 5.41) is 13.1. The third kappa shape index (κ3) is 4.23. The van der Waals surface area contributed by atoms with E-state index in [0.29, 0.717) is 16.5 Å². The van der Waals surface area contributed by atoms with Gasteiger partial charge in [-0.25, -0.2) is 0 Å². The molecule has 1 amide bonds. The van der Waals surface area contributed by atoms with Gasteiger partial charge in [0.1, 0.15) is 11.1 Å². The highest BCUT2D eigenvalue weighted by atomic mass is 32.1. The Balaban J connectivity index is 1.71. The first kappa shape index (κ1) is 18.4. The van der Waals surface area contributed by atoms with Gasteiger partial charge in [0.2, 0.25) is 5.91 Å². The molecule has 3 nitrogen and oxygen atoms in total. The quantitative estimate of drug-likeness (QED) is 0.562. The van der Waals surface area contributed by atoms with Crippen LogP contribution in [-0.2, 0) is 17.6 Å². The minimum absolute atomic E-state index is 0.189. The fourth-order valence-corrected chi connectivity index (χ4v) is 4.51. The van der Waals surface area contributed by atoms with Crippen LogP contribution < -0.4 is 5.32 Å². The van der Waals surface area contributed by atoms with Crippen LogP contribution in [0.3, 0.4) is 0 Å². The van der Waals surface area contributed by atoms with Crippen molar-refractivity contribution in [3.05, 3.63) is 57.5 Å². The number of amides is 1. The van der Waals surface area contributed by atoms with Gasteiger partial charge in [0.25, 0.3) is 0 Å². The first-order valence-electron chi connectivity index (χ1n) is 9.22. The van der Waals surface area contributed by atoms with Gasteiger partial charge < -0.3 is 5.32 Å². The summed E-state index contributed by atoms with van der Waals surface area (Å²) in [5.41, 5.74) is 4.09. The van der Waals surface area contributed by atoms with Gasteiger partial charge in [-0.05, 0) is 54.4 Å². The third-order valence-corrected chi connectivity index (χ3v) is 6.01. The second-order valence-corrected chi connectivity index (χ2v) is 8.13. The molecule has 0 saturated heterocycles. The molecular weight excluding hydrogens is 340 g/mol. The number of nitrogens with zero attached hydrogens (tertiary/aromatic N) is 1. The molecule has 0 fully saturated rings. The second kappa shape index (κ2) is 8.33. The van der Waals surface area contributed by atoms with Crippen LogP contribution in [0.1, 0.15) is 66.2 Å². The smallest absolute Gasteiger partial charge is 0.249 e. The van der Waals surface area contributed by atoms with E-state index in [0.717, 1.165) is 36.8 Å². The number of aryl methyl sites for hydroxylation is 1. The number of nitrogens with one attached hydrogen (secondary N) is 1. The number of anilines is 1. The van der Waals surface area contributed by atoms with Crippen molar-refractivity contribution in [3.8, 4) is 6.07 Å². The van der Waals surface area contributed by atoms with Crippen molar-refractivity contribution >= 4 is 28.3 Å². The van der Waals surface area contributed by atoms with Crippen LogP contribution >= 0.6 is 11.3 Å². The van der Waals surface area contributed by atoms with Crippen LogP contribution in [0.5, 0.6) is 0 Å². The highest BCUT2D eigenvalue weighted by Crippen LogP contribution is 2.36. The summed E-state index contributed by atoms with van der Waals surface area (Å²) >= 11 is 1.57. The lowest BCUT2D eigenvalue weighted by Gasteiger charge is -2.04. The first-order valence-corrected chi connectivity index (χ1v) is 10.0. The molecule has 0 radical (unpaired) electrons. The maximum Gasteiger partial charge on any atom is 0.249 e. The number of hydrogen-bond acceptors (Lipinski definition) is 3. The maximum absolute atomic E-state index is 12.3. The molecule has 1 aliphatic rings. The minimum atomic E-state index is -0.189. The lowest BCUT2D eigenvalue weighted by Crippen LogP contribution is -2.07. The summed E-state index contributed by atoms with van der Waals surface area (Å²) in [7, 11) is 0. The number of fused-ring (bicyclic) bond motifs is 1. The van der Waals surface area contributed by atoms with Crippen LogP contribution in [0.4, 0.5) is 5.00 Å². The van der Waals surface area contributed by atoms with Crippen LogP contribution in [-0.4, -0.2) is 5.91 Å². The number of hydrogen-bond donors (Lipinski definition) is 1. The van der Waals surface area contributed by atoms with Gasteiger partial charge in [0.05, 0.1) is 5.56 Å². The van der Waals surface area contributed by atoms with E-state index >= 15 is 0 Å². The molecule has 0 saturated carbocycles. The van der Waals surface area contributed by atoms with E-state index in [1.165, 1.54) is 22.9 Å². The van der Waals surface area contributed by atoms with Gasteiger partial charge in [0, 0.05) is 11.0 Å². The fraction of sp³-hybridized carbons (Fsp3) is 0.364. The Kier molecular flexibility index (Phi) is 5.90. The van der Waals surface area contributed by atoms with E-state index in [1.807, 2.05) is 18.2 Å². The van der Waals surface area contributed by atoms with E-state index < -0.39 is 0 Å². The average molecular weight is 365 g/mol. The lowest BCUT2D eigenvalue weighted by molar-refractivity contribution is -0.111. The Bertz CT molecular complexity index is 854. The molecule has 4 heteroatoms. The predicted octanol–water partition coefficient (Wildman–Crippen LogP) is 5.66. The maximum atomic E-state index is 12.3. The molecule has 0 atom stereocenters. The van der Waals surface area contributed by atoms with Crippen LogP contribution in [0.15, 0.2) is 30.3 Å². The van der Waals surface area contributed by atoms with Crippen molar-refractivity contribution in [1.82, 2.24) is 0 Å². The van der Waals surface area contributed by atoms with E-state index in [1.54, 1.807) is 11.3 Å². The second-order valence-electron chi connectivity index (χ2n) is 7.02. The van der Waals surface area contributed by atoms with E-state index in [-0.39, 0.29) is 5.91 Å². The summed E-state index contributed by atoms with van der Waals surface area (Å²) in [5.74, 6) is 0.306. The Morgan fingerprint density at radius 1 is 1.19 bits per heavy atom. The molecule has 3 rings (SSSR count). The molecule has 0 bridgehead atoms. The van der Waals surface area contributed by atoms with Gasteiger partial charge in [-0.15, -0.1) is 11.3 Å². The number of thiophene rings is 1. The highest BCUT2D eigenvalue weighted by Gasteiger charge is 2.20. The standard InChI is InChI=1S/C22H24N2OS/c1-15(2)17-11-8-16(9-12-17)10-13-21(25)24-22-19(14-23)18-6-4-3-5-7-20(18)26-22/h8-13,15H,3-7H2,1-2H3,(H,24,25). The summed E-state index contributed by atoms with van der Waals surface area (Å²) in [4.78, 5) is 13.6. The van der Waals surface area contributed by atoms with Gasteiger partial charge in [-0.2, -0.15) is 5.26 Å². The Morgan fingerprint density at radius 3 is 2.62 bits per heavy atom. The van der Waals surface area contributed by atoms with Gasteiger partial charge in [0.15, 0.2) is 0 Å². The zero-order chi connectivity index (χ0) is 18.5. The van der Waals surface area contributed by atoms with Gasteiger partial charge >= 0.3 is 0 Å². The summed E-state index contributed by atoms with van der Waals surface area (Å²) in [6, 6.07) is 10.5. The zero-order valence-electron chi connectivity index (χ0n) is 15.3. The molecule has 0 unspecified atom stereocenters. The molecule has 1 aliphatic carbocycles. The van der Waals surface area contributed by atoms with Crippen LogP contribution in [0, 0.1) is 11.3 Å². The van der Waals surface area contributed by atoms with Gasteiger partial charge in [-0.3, -0.25) is 4.79 Å². The number of carbonyl (C=O) groups excluding carboxylic acids is 1. The number of rotatable bonds is 4. The minimum Gasteiger partial charge on any atom is -0.313 e. The number of benzene rings is 1. The average Bonchev–Trinajstić information content (AvgIpc) is 2.79. The zero-order valence-corrected chi connectivity index (χ0v) is 16.2. The van der Waals surface area contributed by atoms with Crippen molar-refractivity contribution < 1.29 is 4.79 Å². The van der Waals surface area contributed by atoms with Crippen LogP contribution in [0.2, 0.25) is 0 Å². The topological polar surface area (TPSA) is 52.9 Å². The summed E-state index contributed by atoms with van der Waals surface area (Å²) < 4.78 is 0. The number of nitriles is 1. The van der Waals surface area contributed by atoms with Crippen molar-refractivity contribution in [2.45, 2.75) is 51.9 Å². The summed E-state index contributed by atoms with van der Waals surface area (Å²) in [6.45, 7) is 4.32. The molecule has 2 aromatic rings. The first-order chi connectivity index (χ1) is 12.6. The molecule has 0 spiro atoms. The molecule has 1 aromatic heterocycles. The SMILES string of the molecule is CC(C)c1ccc(C=CC(=O)Nc2sc3c(c2C#N)CCCCC3)cc1. The third-order valence-electron chi connectivity index (χ3n) is 4.80. The largest absolute Gasteiger partial charge is 0.313 e. The predicted molar refractivity (Wildman–Crippen MR) is 108 cm³/mol. The molecule has 1 N–H and O–H groups in total. The van der Waals surface area contributed by atoms with Crippen molar-refractivity contribution in [3.63, 3.8) is 0 Å². The number of carbonyl (C=O) groups is 1. The van der Waals surface area contributed by atoms with E-state index in [4.69, 9.17) is 0 Å². The Morgan fingerprint density at radius 2 is 1.92 bits per heavy atom. The van der Waals surface area contributed by atoms with E-state index in [9.17, 15) is 10.1 Å². The highest BCUT2D eigenvalue weighted by molar-refractivity contribution is 7.16. The molecule has 1 heterocycles. The summed E-state index contributed by atoms with van der Waals surface area (Å²) in [6.07, 6.45) is 8.81. The van der Waals surface area contributed by atoms with Crippen molar-refractivity contribution in [1.29, 1.82) is 5.26 Å².